The van der Waals surface area contributed by atoms with Crippen molar-refractivity contribution in [3.8, 4) is 6.07 Å². The van der Waals surface area contributed by atoms with Crippen LogP contribution in [-0.4, -0.2) is 34.7 Å². The van der Waals surface area contributed by atoms with E-state index in [1.165, 1.54) is 12.8 Å². The highest BCUT2D eigenvalue weighted by Gasteiger charge is 2.41. The van der Waals surface area contributed by atoms with Crippen molar-refractivity contribution in [3.63, 3.8) is 0 Å². The summed E-state index contributed by atoms with van der Waals surface area (Å²) in [6, 6.07) is 2.64. The van der Waals surface area contributed by atoms with Crippen molar-refractivity contribution >= 4 is 0 Å². The molecule has 2 rings (SSSR count). The van der Waals surface area contributed by atoms with Crippen molar-refractivity contribution < 1.29 is 5.11 Å². The zero-order valence-electron chi connectivity index (χ0n) is 6.45. The Hall–Kier alpha value is -0.590. The van der Waals surface area contributed by atoms with E-state index in [1.807, 2.05) is 6.07 Å². The molecule has 60 valence electrons. The van der Waals surface area contributed by atoms with Crippen LogP contribution >= 0.6 is 0 Å². The second kappa shape index (κ2) is 2.20. The number of β-amino-alcohol motifs (C(OH)–C–C–N with tert-alkyl or cyclic N) is 1. The molecule has 2 fully saturated rings. The van der Waals surface area contributed by atoms with Gasteiger partial charge in [-0.05, 0) is 12.8 Å². The number of aliphatic hydroxyl groups is 1. The van der Waals surface area contributed by atoms with Crippen LogP contribution in [0.25, 0.3) is 0 Å². The zero-order chi connectivity index (χ0) is 7.90. The number of hydrogen-bond acceptors (Lipinski definition) is 3. The minimum Gasteiger partial charge on any atom is -0.374 e. The van der Waals surface area contributed by atoms with Crippen LogP contribution in [0.4, 0.5) is 0 Å². The van der Waals surface area contributed by atoms with E-state index in [-0.39, 0.29) is 0 Å². The smallest absolute Gasteiger partial charge is 0.164 e. The molecule has 1 aliphatic heterocycles. The minimum atomic E-state index is -1.04. The van der Waals surface area contributed by atoms with Crippen LogP contribution in [0.15, 0.2) is 0 Å². The third-order valence-corrected chi connectivity index (χ3v) is 2.55. The van der Waals surface area contributed by atoms with Crippen LogP contribution in [-0.2, 0) is 0 Å². The predicted molar refractivity (Wildman–Crippen MR) is 39.8 cm³/mol. The zero-order valence-corrected chi connectivity index (χ0v) is 6.45. The molecule has 0 aromatic carbocycles. The molecule has 1 aliphatic carbocycles. The average Bonchev–Trinajstić information content (AvgIpc) is 2.77. The summed E-state index contributed by atoms with van der Waals surface area (Å²) in [6.07, 6.45) is 3.13. The monoisotopic (exact) mass is 152 g/mol. The third-order valence-electron chi connectivity index (χ3n) is 2.55. The van der Waals surface area contributed by atoms with Crippen LogP contribution < -0.4 is 0 Å². The second-order valence-electron chi connectivity index (χ2n) is 3.60. The van der Waals surface area contributed by atoms with E-state index >= 15 is 0 Å². The molecule has 0 radical (unpaired) electrons. The van der Waals surface area contributed by atoms with Gasteiger partial charge in [-0.25, -0.2) is 0 Å². The fraction of sp³-hybridized carbons (Fsp3) is 0.875. The molecular weight excluding hydrogens is 140 g/mol. The predicted octanol–water partition coefficient (Wildman–Crippen LogP) is 0.109. The lowest BCUT2D eigenvalue weighted by atomic mass is 10.1. The summed E-state index contributed by atoms with van der Waals surface area (Å²) in [5, 5.41) is 18.2. The van der Waals surface area contributed by atoms with E-state index in [1.54, 1.807) is 0 Å². The van der Waals surface area contributed by atoms with E-state index in [0.29, 0.717) is 19.0 Å². The summed E-state index contributed by atoms with van der Waals surface area (Å²) in [6.45, 7) is 1.46. The third kappa shape index (κ3) is 1.24. The van der Waals surface area contributed by atoms with E-state index in [2.05, 4.69) is 4.90 Å². The molecular formula is C8H12N2O. The Balaban J connectivity index is 1.98. The molecule has 1 heterocycles. The largest absolute Gasteiger partial charge is 0.374 e. The lowest BCUT2D eigenvalue weighted by Gasteiger charge is -2.15. The molecule has 1 saturated heterocycles. The van der Waals surface area contributed by atoms with Gasteiger partial charge in [0.25, 0.3) is 0 Å². The Morgan fingerprint density at radius 1 is 1.55 bits per heavy atom. The van der Waals surface area contributed by atoms with E-state index < -0.39 is 5.60 Å². The average molecular weight is 152 g/mol. The van der Waals surface area contributed by atoms with Gasteiger partial charge >= 0.3 is 0 Å². The van der Waals surface area contributed by atoms with Crippen molar-refractivity contribution in [1.29, 1.82) is 5.26 Å². The maximum atomic E-state index is 9.54. The number of hydrogen-bond donors (Lipinski definition) is 1. The lowest BCUT2D eigenvalue weighted by Crippen LogP contribution is -2.32. The Morgan fingerprint density at radius 3 is 2.73 bits per heavy atom. The van der Waals surface area contributed by atoms with Gasteiger partial charge in [-0.3, -0.25) is 4.90 Å². The highest BCUT2D eigenvalue weighted by molar-refractivity contribution is 5.08. The lowest BCUT2D eigenvalue weighted by molar-refractivity contribution is 0.105. The highest BCUT2D eigenvalue weighted by atomic mass is 16.3. The molecule has 1 N–H and O–H groups in total. The van der Waals surface area contributed by atoms with E-state index in [4.69, 9.17) is 5.26 Å². The summed E-state index contributed by atoms with van der Waals surface area (Å²) >= 11 is 0. The molecule has 0 aromatic heterocycles. The van der Waals surface area contributed by atoms with Gasteiger partial charge in [-0.1, -0.05) is 0 Å². The second-order valence-corrected chi connectivity index (χ2v) is 3.60. The first-order chi connectivity index (χ1) is 5.23. The minimum absolute atomic E-state index is 0.564. The van der Waals surface area contributed by atoms with Crippen molar-refractivity contribution in [2.75, 3.05) is 13.1 Å². The van der Waals surface area contributed by atoms with Crippen LogP contribution in [0.5, 0.6) is 0 Å². The number of likely N-dealkylation sites (tertiary alicyclic amines) is 1. The molecule has 11 heavy (non-hydrogen) atoms. The Morgan fingerprint density at radius 2 is 2.27 bits per heavy atom. The van der Waals surface area contributed by atoms with Gasteiger partial charge in [0, 0.05) is 25.6 Å². The molecule has 3 heteroatoms. The molecule has 0 bridgehead atoms. The fourth-order valence-corrected chi connectivity index (χ4v) is 1.67. The van der Waals surface area contributed by atoms with Gasteiger partial charge in [-0.2, -0.15) is 5.26 Å². The van der Waals surface area contributed by atoms with Gasteiger partial charge in [-0.15, -0.1) is 0 Å². The maximum absolute atomic E-state index is 9.54. The maximum Gasteiger partial charge on any atom is 0.164 e. The molecule has 1 saturated carbocycles. The number of nitrogens with zero attached hydrogens (tertiary/aromatic N) is 2. The summed E-state index contributed by atoms with van der Waals surface area (Å²) in [4.78, 5) is 2.23. The van der Waals surface area contributed by atoms with Gasteiger partial charge in [0.1, 0.15) is 0 Å². The first-order valence-electron chi connectivity index (χ1n) is 4.11. The summed E-state index contributed by atoms with van der Waals surface area (Å²) in [5.41, 5.74) is -1.04. The van der Waals surface area contributed by atoms with Gasteiger partial charge in [0.15, 0.2) is 5.60 Å². The van der Waals surface area contributed by atoms with Crippen molar-refractivity contribution in [3.05, 3.63) is 0 Å². The Bertz CT molecular complexity index is 207. The van der Waals surface area contributed by atoms with Crippen LogP contribution in [0.2, 0.25) is 0 Å². The quantitative estimate of drug-likeness (QED) is 0.542. The highest BCUT2D eigenvalue weighted by Crippen LogP contribution is 2.32. The van der Waals surface area contributed by atoms with Crippen molar-refractivity contribution in [2.24, 2.45) is 0 Å². The van der Waals surface area contributed by atoms with Gasteiger partial charge in [0.05, 0.1) is 6.07 Å². The standard InChI is InChI=1S/C8H12N2O/c9-5-8(11)3-4-10(6-8)7-1-2-7/h7,11H,1-4,6H2. The molecule has 0 aromatic rings. The van der Waals surface area contributed by atoms with Gasteiger partial charge < -0.3 is 5.11 Å². The molecule has 0 spiro atoms. The fourth-order valence-electron chi connectivity index (χ4n) is 1.67. The molecule has 0 amide bonds. The number of rotatable bonds is 1. The van der Waals surface area contributed by atoms with Crippen LogP contribution in [0, 0.1) is 11.3 Å². The van der Waals surface area contributed by atoms with Crippen LogP contribution in [0.1, 0.15) is 19.3 Å². The first-order valence-corrected chi connectivity index (χ1v) is 4.11. The molecule has 1 atom stereocenters. The Labute approximate surface area is 66.2 Å². The summed E-state index contributed by atoms with van der Waals surface area (Å²) < 4.78 is 0. The first kappa shape index (κ1) is 7.08. The molecule has 2 aliphatic rings. The van der Waals surface area contributed by atoms with Crippen molar-refractivity contribution in [2.45, 2.75) is 30.9 Å². The van der Waals surface area contributed by atoms with Crippen LogP contribution in [0.3, 0.4) is 0 Å². The Kier molecular flexibility index (Phi) is 1.41. The summed E-state index contributed by atoms with van der Waals surface area (Å²) in [7, 11) is 0. The van der Waals surface area contributed by atoms with Crippen molar-refractivity contribution in [1.82, 2.24) is 4.90 Å². The number of nitriles is 1. The SMILES string of the molecule is N#CC1(O)CCN(C2CC2)C1. The summed E-state index contributed by atoms with van der Waals surface area (Å²) in [5.74, 6) is 0. The topological polar surface area (TPSA) is 47.3 Å². The molecule has 1 unspecified atom stereocenters. The van der Waals surface area contributed by atoms with E-state index in [9.17, 15) is 5.11 Å². The molecule has 3 nitrogen and oxygen atoms in total. The van der Waals surface area contributed by atoms with Gasteiger partial charge in [0.2, 0.25) is 0 Å². The normalized spacial score (nSPS) is 38.9. The van der Waals surface area contributed by atoms with E-state index in [0.717, 1.165) is 6.54 Å².